The van der Waals surface area contributed by atoms with Gasteiger partial charge in [0.25, 0.3) is 0 Å². The van der Waals surface area contributed by atoms with Gasteiger partial charge in [0, 0.05) is 17.3 Å². The molecule has 0 saturated carbocycles. The standard InChI is InChI=1S/C26H21F4N3O/c1-5-18-10-22(26(28,29)30)25(31-12-18)34-19-6-7-24-20(11-19)17(4)32-14-33(24)13-21-16(3)8-15(2)9-23(21)27/h5-12,14H,1,4,13H2,2-3H3. The molecule has 0 atom stereocenters. The molecule has 8 heteroatoms. The van der Waals surface area contributed by atoms with E-state index in [9.17, 15) is 17.6 Å². The Bertz CT molecular complexity index is 1310. The Morgan fingerprint density at radius 3 is 2.56 bits per heavy atom. The fraction of sp³-hybridized carbons (Fsp3) is 0.154. The van der Waals surface area contributed by atoms with E-state index in [-0.39, 0.29) is 23.7 Å². The van der Waals surface area contributed by atoms with Gasteiger partial charge < -0.3 is 9.64 Å². The number of benzene rings is 2. The first-order chi connectivity index (χ1) is 16.1. The Morgan fingerprint density at radius 2 is 1.88 bits per heavy atom. The van der Waals surface area contributed by atoms with Crippen molar-refractivity contribution in [2.45, 2.75) is 26.6 Å². The molecule has 0 spiro atoms. The maximum Gasteiger partial charge on any atom is 0.421 e. The molecule has 34 heavy (non-hydrogen) atoms. The summed E-state index contributed by atoms with van der Waals surface area (Å²) in [4.78, 5) is 9.85. The molecule has 2 heterocycles. The van der Waals surface area contributed by atoms with E-state index in [1.54, 1.807) is 23.4 Å². The molecule has 0 N–H and O–H groups in total. The molecule has 1 aliphatic heterocycles. The summed E-state index contributed by atoms with van der Waals surface area (Å²) in [5.41, 5.74) is 3.02. The van der Waals surface area contributed by atoms with Crippen molar-refractivity contribution >= 4 is 23.8 Å². The van der Waals surface area contributed by atoms with Crippen LogP contribution in [0.1, 0.15) is 33.4 Å². The monoisotopic (exact) mass is 467 g/mol. The minimum atomic E-state index is -4.66. The zero-order valence-corrected chi connectivity index (χ0v) is 18.6. The van der Waals surface area contributed by atoms with E-state index in [4.69, 9.17) is 4.74 Å². The summed E-state index contributed by atoms with van der Waals surface area (Å²) < 4.78 is 60.7. The first-order valence-electron chi connectivity index (χ1n) is 10.3. The van der Waals surface area contributed by atoms with Crippen molar-refractivity contribution in [2.24, 2.45) is 4.99 Å². The van der Waals surface area contributed by atoms with E-state index in [1.807, 2.05) is 19.9 Å². The molecule has 4 rings (SSSR count). The van der Waals surface area contributed by atoms with Crippen molar-refractivity contribution < 1.29 is 22.3 Å². The first-order valence-corrected chi connectivity index (χ1v) is 10.3. The second-order valence-corrected chi connectivity index (χ2v) is 7.97. The lowest BCUT2D eigenvalue weighted by Crippen LogP contribution is -2.25. The summed E-state index contributed by atoms with van der Waals surface area (Å²) in [5.74, 6) is -0.748. The van der Waals surface area contributed by atoms with Gasteiger partial charge in [-0.3, -0.25) is 0 Å². The lowest BCUT2D eigenvalue weighted by molar-refractivity contribution is -0.138. The van der Waals surface area contributed by atoms with Gasteiger partial charge in [-0.05, 0) is 60.9 Å². The topological polar surface area (TPSA) is 37.7 Å². The highest BCUT2D eigenvalue weighted by Gasteiger charge is 2.36. The molecule has 1 aliphatic rings. The minimum Gasteiger partial charge on any atom is -0.438 e. The normalized spacial score (nSPS) is 13.1. The average molecular weight is 467 g/mol. The maximum absolute atomic E-state index is 14.6. The predicted molar refractivity (Wildman–Crippen MR) is 125 cm³/mol. The Kier molecular flexibility index (Phi) is 6.00. The summed E-state index contributed by atoms with van der Waals surface area (Å²) in [6.45, 7) is 11.3. The SMILES string of the molecule is C=Cc1cnc(Oc2ccc3c(c2)C(=C)N=CN3Cc2c(C)cc(C)cc2F)c(C(F)(F)F)c1. The van der Waals surface area contributed by atoms with Gasteiger partial charge in [0.05, 0.1) is 24.3 Å². The molecular weight excluding hydrogens is 446 g/mol. The lowest BCUT2D eigenvalue weighted by atomic mass is 10.0. The molecule has 3 aromatic rings. The summed E-state index contributed by atoms with van der Waals surface area (Å²) >= 11 is 0. The third-order valence-electron chi connectivity index (χ3n) is 5.46. The van der Waals surface area contributed by atoms with Crippen molar-refractivity contribution in [3.05, 3.63) is 95.0 Å². The van der Waals surface area contributed by atoms with Crippen molar-refractivity contribution in [1.82, 2.24) is 4.98 Å². The minimum absolute atomic E-state index is 0.138. The largest absolute Gasteiger partial charge is 0.438 e. The van der Waals surface area contributed by atoms with E-state index >= 15 is 0 Å². The average Bonchev–Trinajstić information content (AvgIpc) is 2.77. The van der Waals surface area contributed by atoms with E-state index in [2.05, 4.69) is 23.1 Å². The number of ether oxygens (including phenoxy) is 1. The fourth-order valence-electron chi connectivity index (χ4n) is 3.75. The number of pyridine rings is 1. The Morgan fingerprint density at radius 1 is 1.12 bits per heavy atom. The molecular formula is C26H21F4N3O. The number of alkyl halides is 3. The van der Waals surface area contributed by atoms with Crippen LogP contribution in [-0.4, -0.2) is 11.3 Å². The summed E-state index contributed by atoms with van der Waals surface area (Å²) in [5, 5.41) is 0. The number of fused-ring (bicyclic) bond motifs is 1. The van der Waals surface area contributed by atoms with Gasteiger partial charge >= 0.3 is 6.18 Å². The van der Waals surface area contributed by atoms with Crippen molar-refractivity contribution in [3.63, 3.8) is 0 Å². The van der Waals surface area contributed by atoms with Gasteiger partial charge in [0.1, 0.15) is 17.1 Å². The molecule has 0 amide bonds. The maximum atomic E-state index is 14.6. The van der Waals surface area contributed by atoms with Crippen LogP contribution in [0, 0.1) is 19.7 Å². The smallest absolute Gasteiger partial charge is 0.421 e. The second-order valence-electron chi connectivity index (χ2n) is 7.97. The fourth-order valence-corrected chi connectivity index (χ4v) is 3.75. The third-order valence-corrected chi connectivity index (χ3v) is 5.46. The van der Waals surface area contributed by atoms with Crippen LogP contribution in [0.15, 0.2) is 60.7 Å². The van der Waals surface area contributed by atoms with Crippen LogP contribution in [0.2, 0.25) is 0 Å². The van der Waals surface area contributed by atoms with E-state index in [0.29, 0.717) is 22.5 Å². The van der Waals surface area contributed by atoms with Crippen LogP contribution < -0.4 is 9.64 Å². The molecule has 0 unspecified atom stereocenters. The first kappa shape index (κ1) is 23.2. The third kappa shape index (κ3) is 4.57. The van der Waals surface area contributed by atoms with Gasteiger partial charge in [0.15, 0.2) is 0 Å². The van der Waals surface area contributed by atoms with Crippen molar-refractivity contribution in [1.29, 1.82) is 0 Å². The predicted octanol–water partition coefficient (Wildman–Crippen LogP) is 7.31. The van der Waals surface area contributed by atoms with Crippen molar-refractivity contribution in [3.8, 4) is 11.6 Å². The number of hydrogen-bond acceptors (Lipinski definition) is 4. The molecule has 4 nitrogen and oxygen atoms in total. The summed E-state index contributed by atoms with van der Waals surface area (Å²) in [7, 11) is 0. The highest BCUT2D eigenvalue weighted by atomic mass is 19.4. The number of anilines is 1. The highest BCUT2D eigenvalue weighted by Crippen LogP contribution is 2.40. The molecule has 1 aromatic heterocycles. The molecule has 0 bridgehead atoms. The summed E-state index contributed by atoms with van der Waals surface area (Å²) in [6.07, 6.45) is -0.572. The van der Waals surface area contributed by atoms with Gasteiger partial charge in [-0.1, -0.05) is 25.3 Å². The van der Waals surface area contributed by atoms with Crippen LogP contribution in [0.4, 0.5) is 23.2 Å². The van der Waals surface area contributed by atoms with Crippen LogP contribution in [-0.2, 0) is 12.7 Å². The van der Waals surface area contributed by atoms with Crippen LogP contribution in [0.3, 0.4) is 0 Å². The van der Waals surface area contributed by atoms with Gasteiger partial charge in [-0.15, -0.1) is 0 Å². The number of hydrogen-bond donors (Lipinski definition) is 0. The van der Waals surface area contributed by atoms with Crippen molar-refractivity contribution in [2.75, 3.05) is 4.90 Å². The Labute approximate surface area is 194 Å². The van der Waals surface area contributed by atoms with Crippen LogP contribution in [0.5, 0.6) is 11.6 Å². The van der Waals surface area contributed by atoms with E-state index < -0.39 is 17.6 Å². The number of aliphatic imine (C=N–C) groups is 1. The zero-order valence-electron chi connectivity index (χ0n) is 18.6. The molecule has 174 valence electrons. The van der Waals surface area contributed by atoms with E-state index in [0.717, 1.165) is 17.2 Å². The number of rotatable bonds is 5. The van der Waals surface area contributed by atoms with Crippen LogP contribution >= 0.6 is 0 Å². The number of nitrogens with zero attached hydrogens (tertiary/aromatic N) is 3. The van der Waals surface area contributed by atoms with Gasteiger partial charge in [0.2, 0.25) is 5.88 Å². The van der Waals surface area contributed by atoms with Gasteiger partial charge in [-0.2, -0.15) is 13.2 Å². The molecule has 0 fully saturated rings. The Hall–Kier alpha value is -3.94. The molecule has 0 radical (unpaired) electrons. The molecule has 2 aromatic carbocycles. The van der Waals surface area contributed by atoms with Crippen LogP contribution in [0.25, 0.3) is 11.8 Å². The Balaban J connectivity index is 1.67. The number of aromatic nitrogens is 1. The highest BCUT2D eigenvalue weighted by molar-refractivity contribution is 5.94. The summed E-state index contributed by atoms with van der Waals surface area (Å²) in [6, 6.07) is 9.05. The second kappa shape index (κ2) is 8.78. The number of halogens is 4. The van der Waals surface area contributed by atoms with E-state index in [1.165, 1.54) is 24.4 Å². The molecule has 0 saturated heterocycles. The quantitative estimate of drug-likeness (QED) is 0.369. The number of aryl methyl sites for hydroxylation is 2. The molecule has 0 aliphatic carbocycles. The lowest BCUT2D eigenvalue weighted by Gasteiger charge is -2.27. The zero-order chi connectivity index (χ0) is 24.6. The van der Waals surface area contributed by atoms with Gasteiger partial charge in [-0.25, -0.2) is 14.4 Å².